The first-order valence-corrected chi connectivity index (χ1v) is 5.94. The fraction of sp³-hybridized carbons (Fsp3) is 0.462. The smallest absolute Gasteiger partial charge is 0.129 e. The van der Waals surface area contributed by atoms with Crippen LogP contribution in [0.2, 0.25) is 0 Å². The Morgan fingerprint density at radius 2 is 2.00 bits per heavy atom. The molecule has 0 fully saturated rings. The molecule has 1 aromatic rings. The SMILES string of the molecule is N=Cc1cc2c3c(c1O)CCCN3CCC2. The average Bonchev–Trinajstić information content (AvgIpc) is 2.33. The summed E-state index contributed by atoms with van der Waals surface area (Å²) in [6.07, 6.45) is 5.60. The Labute approximate surface area is 95.2 Å². The van der Waals surface area contributed by atoms with Gasteiger partial charge in [0.1, 0.15) is 5.75 Å². The quantitative estimate of drug-likeness (QED) is 0.706. The van der Waals surface area contributed by atoms with Crippen LogP contribution in [0.5, 0.6) is 5.75 Å². The minimum Gasteiger partial charge on any atom is -0.507 e. The van der Waals surface area contributed by atoms with Crippen molar-refractivity contribution in [2.75, 3.05) is 18.0 Å². The zero-order valence-electron chi connectivity index (χ0n) is 9.29. The summed E-state index contributed by atoms with van der Waals surface area (Å²) in [6, 6.07) is 1.98. The Morgan fingerprint density at radius 3 is 2.75 bits per heavy atom. The normalized spacial score (nSPS) is 18.1. The van der Waals surface area contributed by atoms with Gasteiger partial charge >= 0.3 is 0 Å². The van der Waals surface area contributed by atoms with Gasteiger partial charge in [0.25, 0.3) is 0 Å². The Balaban J connectivity index is 2.26. The number of hydrogen-bond acceptors (Lipinski definition) is 3. The van der Waals surface area contributed by atoms with Crippen molar-refractivity contribution in [3.63, 3.8) is 0 Å². The van der Waals surface area contributed by atoms with Crippen molar-refractivity contribution in [2.45, 2.75) is 25.7 Å². The molecule has 0 unspecified atom stereocenters. The lowest BCUT2D eigenvalue weighted by Gasteiger charge is -2.37. The van der Waals surface area contributed by atoms with Crippen LogP contribution in [0.1, 0.15) is 29.5 Å². The molecule has 2 heterocycles. The number of anilines is 1. The van der Waals surface area contributed by atoms with Gasteiger partial charge in [-0.2, -0.15) is 0 Å². The molecule has 0 saturated heterocycles. The molecular formula is C13H16N2O. The lowest BCUT2D eigenvalue weighted by Crippen LogP contribution is -2.34. The molecule has 0 saturated carbocycles. The average molecular weight is 216 g/mol. The lowest BCUT2D eigenvalue weighted by molar-refractivity contribution is 0.461. The number of phenolic OH excluding ortho intramolecular Hbond substituents is 1. The molecule has 0 radical (unpaired) electrons. The molecule has 2 aliphatic rings. The molecule has 84 valence electrons. The summed E-state index contributed by atoms with van der Waals surface area (Å²) in [6.45, 7) is 2.23. The molecule has 0 aliphatic carbocycles. The van der Waals surface area contributed by atoms with Crippen LogP contribution in [0.25, 0.3) is 0 Å². The molecule has 16 heavy (non-hydrogen) atoms. The standard InChI is InChI=1S/C13H16N2O/c14-8-10-7-9-3-1-5-15-6-2-4-11(12(9)15)13(10)16/h7-8,14,16H,1-6H2. The Hall–Kier alpha value is -1.51. The molecule has 0 bridgehead atoms. The number of nitrogens with zero attached hydrogens (tertiary/aromatic N) is 1. The van der Waals surface area contributed by atoms with Crippen molar-refractivity contribution in [2.24, 2.45) is 0 Å². The maximum absolute atomic E-state index is 10.1. The van der Waals surface area contributed by atoms with Gasteiger partial charge in [0.05, 0.1) is 0 Å². The van der Waals surface area contributed by atoms with E-state index in [2.05, 4.69) is 4.90 Å². The van der Waals surface area contributed by atoms with Crippen LogP contribution in [-0.4, -0.2) is 24.4 Å². The van der Waals surface area contributed by atoms with E-state index >= 15 is 0 Å². The maximum atomic E-state index is 10.1. The predicted octanol–water partition coefficient (Wildman–Crippen LogP) is 2.09. The summed E-state index contributed by atoms with van der Waals surface area (Å²) in [7, 11) is 0. The largest absolute Gasteiger partial charge is 0.507 e. The third-order valence-corrected chi connectivity index (χ3v) is 3.68. The van der Waals surface area contributed by atoms with E-state index in [4.69, 9.17) is 5.41 Å². The van der Waals surface area contributed by atoms with E-state index in [1.807, 2.05) is 6.07 Å². The van der Waals surface area contributed by atoms with Gasteiger partial charge in [-0.25, -0.2) is 0 Å². The molecule has 3 nitrogen and oxygen atoms in total. The Morgan fingerprint density at radius 1 is 1.25 bits per heavy atom. The highest BCUT2D eigenvalue weighted by Gasteiger charge is 2.26. The molecule has 1 aromatic carbocycles. The zero-order chi connectivity index (χ0) is 11.1. The fourth-order valence-electron chi connectivity index (χ4n) is 2.98. The van der Waals surface area contributed by atoms with Crippen LogP contribution in [0.15, 0.2) is 6.07 Å². The number of rotatable bonds is 1. The topological polar surface area (TPSA) is 47.3 Å². The van der Waals surface area contributed by atoms with Gasteiger partial charge in [-0.3, -0.25) is 0 Å². The van der Waals surface area contributed by atoms with Gasteiger partial charge in [0.2, 0.25) is 0 Å². The van der Waals surface area contributed by atoms with Crippen LogP contribution in [0.3, 0.4) is 0 Å². The second-order valence-corrected chi connectivity index (χ2v) is 4.64. The zero-order valence-corrected chi connectivity index (χ0v) is 9.29. The minimum atomic E-state index is 0.334. The molecule has 2 N–H and O–H groups in total. The van der Waals surface area contributed by atoms with Crippen molar-refractivity contribution in [1.82, 2.24) is 0 Å². The van der Waals surface area contributed by atoms with Crippen molar-refractivity contribution < 1.29 is 5.11 Å². The summed E-state index contributed by atoms with van der Waals surface area (Å²) in [5.41, 5.74) is 4.33. The number of benzene rings is 1. The summed E-state index contributed by atoms with van der Waals surface area (Å²) in [5.74, 6) is 0.334. The first-order chi connectivity index (χ1) is 7.81. The molecule has 3 rings (SSSR count). The second-order valence-electron chi connectivity index (χ2n) is 4.64. The van der Waals surface area contributed by atoms with Gasteiger partial charge in [-0.15, -0.1) is 0 Å². The third-order valence-electron chi connectivity index (χ3n) is 3.68. The van der Waals surface area contributed by atoms with E-state index in [1.165, 1.54) is 23.9 Å². The van der Waals surface area contributed by atoms with E-state index in [-0.39, 0.29) is 0 Å². The molecular weight excluding hydrogens is 200 g/mol. The van der Waals surface area contributed by atoms with Gasteiger partial charge in [0, 0.05) is 36.1 Å². The molecule has 0 spiro atoms. The summed E-state index contributed by atoms with van der Waals surface area (Å²) >= 11 is 0. The van der Waals surface area contributed by atoms with Crippen LogP contribution in [0, 0.1) is 5.41 Å². The van der Waals surface area contributed by atoms with Crippen LogP contribution < -0.4 is 4.90 Å². The first-order valence-electron chi connectivity index (χ1n) is 5.94. The monoisotopic (exact) mass is 216 g/mol. The summed E-state index contributed by atoms with van der Waals surface area (Å²) < 4.78 is 0. The van der Waals surface area contributed by atoms with Crippen LogP contribution >= 0.6 is 0 Å². The molecule has 0 atom stereocenters. The van der Waals surface area contributed by atoms with Crippen molar-refractivity contribution in [1.29, 1.82) is 5.41 Å². The number of nitrogens with one attached hydrogen (secondary N) is 1. The summed E-state index contributed by atoms with van der Waals surface area (Å²) in [5, 5.41) is 17.5. The highest BCUT2D eigenvalue weighted by atomic mass is 16.3. The molecule has 2 aliphatic heterocycles. The third kappa shape index (κ3) is 1.24. The number of phenols is 1. The van der Waals surface area contributed by atoms with Crippen LogP contribution in [-0.2, 0) is 12.8 Å². The predicted molar refractivity (Wildman–Crippen MR) is 64.8 cm³/mol. The molecule has 3 heteroatoms. The highest BCUT2D eigenvalue weighted by Crippen LogP contribution is 2.41. The number of aromatic hydroxyl groups is 1. The van der Waals surface area contributed by atoms with Gasteiger partial charge in [0.15, 0.2) is 0 Å². The van der Waals surface area contributed by atoms with Crippen molar-refractivity contribution in [3.8, 4) is 5.75 Å². The van der Waals surface area contributed by atoms with E-state index in [0.29, 0.717) is 11.3 Å². The Kier molecular flexibility index (Phi) is 2.13. The van der Waals surface area contributed by atoms with Crippen molar-refractivity contribution in [3.05, 3.63) is 22.8 Å². The van der Waals surface area contributed by atoms with Gasteiger partial charge in [-0.05, 0) is 37.3 Å². The fourth-order valence-corrected chi connectivity index (χ4v) is 2.98. The van der Waals surface area contributed by atoms with Gasteiger partial charge in [-0.1, -0.05) is 0 Å². The molecule has 0 aromatic heterocycles. The maximum Gasteiger partial charge on any atom is 0.129 e. The second kappa shape index (κ2) is 3.51. The van der Waals surface area contributed by atoms with Gasteiger partial charge < -0.3 is 15.4 Å². The van der Waals surface area contributed by atoms with E-state index < -0.39 is 0 Å². The first kappa shape index (κ1) is 9.70. The highest BCUT2D eigenvalue weighted by molar-refractivity contribution is 5.86. The Bertz CT molecular complexity index is 452. The molecule has 0 amide bonds. The van der Waals surface area contributed by atoms with Crippen molar-refractivity contribution >= 4 is 11.9 Å². The number of hydrogen-bond donors (Lipinski definition) is 2. The van der Waals surface area contributed by atoms with E-state index in [1.54, 1.807) is 0 Å². The van der Waals surface area contributed by atoms with E-state index in [9.17, 15) is 5.11 Å². The van der Waals surface area contributed by atoms with Crippen LogP contribution in [0.4, 0.5) is 5.69 Å². The minimum absolute atomic E-state index is 0.334. The lowest BCUT2D eigenvalue weighted by atomic mass is 9.89. The number of aryl methyl sites for hydroxylation is 1. The summed E-state index contributed by atoms with van der Waals surface area (Å²) in [4.78, 5) is 2.39. The van der Waals surface area contributed by atoms with E-state index in [0.717, 1.165) is 37.9 Å².